The zero-order valence-corrected chi connectivity index (χ0v) is 31.5. The number of amides is 2. The van der Waals surface area contributed by atoms with Gasteiger partial charge in [0.2, 0.25) is 11.8 Å². The zero-order chi connectivity index (χ0) is 35.2. The minimum Gasteiger partial charge on any atom is -0.467 e. The number of esters is 1. The van der Waals surface area contributed by atoms with Crippen LogP contribution in [0.3, 0.4) is 0 Å². The molecule has 1 aliphatic heterocycles. The summed E-state index contributed by atoms with van der Waals surface area (Å²) in [5.74, 6) is 0.0106. The highest BCUT2D eigenvalue weighted by Crippen LogP contribution is 2.30. The van der Waals surface area contributed by atoms with E-state index in [9.17, 15) is 14.4 Å². The molecule has 3 aromatic rings. The third kappa shape index (κ3) is 11.4. The maximum absolute atomic E-state index is 13.6. The van der Waals surface area contributed by atoms with Crippen LogP contribution in [0.1, 0.15) is 49.8 Å². The molecule has 3 atom stereocenters. The fourth-order valence-corrected chi connectivity index (χ4v) is 7.96. The van der Waals surface area contributed by atoms with E-state index in [1.807, 2.05) is 36.6 Å². The van der Waals surface area contributed by atoms with E-state index < -0.39 is 33.3 Å². The summed E-state index contributed by atoms with van der Waals surface area (Å²) in [6.07, 6.45) is 5.28. The van der Waals surface area contributed by atoms with Crippen molar-refractivity contribution in [3.8, 4) is 6.07 Å². The Hall–Kier alpha value is -3.80. The van der Waals surface area contributed by atoms with Crippen LogP contribution in [-0.2, 0) is 32.2 Å². The van der Waals surface area contributed by atoms with E-state index in [-0.39, 0.29) is 36.7 Å². The molecule has 0 spiro atoms. The van der Waals surface area contributed by atoms with Gasteiger partial charge in [-0.25, -0.2) is 7.94 Å². The molecular formula is C37H45IN6O4S. The Morgan fingerprint density at radius 2 is 1.82 bits per heavy atom. The Bertz CT molecular complexity index is 1690. The van der Waals surface area contributed by atoms with Crippen molar-refractivity contribution in [3.63, 3.8) is 0 Å². The van der Waals surface area contributed by atoms with Gasteiger partial charge >= 0.3 is 5.97 Å². The van der Waals surface area contributed by atoms with Crippen molar-refractivity contribution < 1.29 is 19.1 Å². The molecule has 2 amide bonds. The van der Waals surface area contributed by atoms with Crippen molar-refractivity contribution in [1.29, 1.82) is 5.26 Å². The van der Waals surface area contributed by atoms with Crippen molar-refractivity contribution in [2.24, 2.45) is 9.06 Å². The average Bonchev–Trinajstić information content (AvgIpc) is 3.54. The van der Waals surface area contributed by atoms with Crippen LogP contribution in [0, 0.1) is 17.2 Å². The second-order valence-corrected chi connectivity index (χ2v) is 15.2. The largest absolute Gasteiger partial charge is 0.467 e. The summed E-state index contributed by atoms with van der Waals surface area (Å²) in [6, 6.07) is 23.0. The fourth-order valence-electron chi connectivity index (χ4n) is 5.63. The van der Waals surface area contributed by atoms with Crippen molar-refractivity contribution >= 4 is 61.6 Å². The minimum absolute atomic E-state index is 0.0472. The number of nitriles is 1. The van der Waals surface area contributed by atoms with Crippen LogP contribution in [0.25, 0.3) is 10.8 Å². The summed E-state index contributed by atoms with van der Waals surface area (Å²) in [5, 5.41) is 17.5. The number of carbonyl (C=O) groups is 3. The summed E-state index contributed by atoms with van der Waals surface area (Å²) in [5.41, 5.74) is 3.63. The van der Waals surface area contributed by atoms with Gasteiger partial charge in [0.25, 0.3) is 0 Å². The molecule has 1 aliphatic rings. The number of thioether (sulfide) groups is 1. The van der Waals surface area contributed by atoms with Crippen molar-refractivity contribution in [2.75, 3.05) is 32.2 Å². The van der Waals surface area contributed by atoms with Gasteiger partial charge in [0.05, 0.1) is 50.1 Å². The molecule has 49 heavy (non-hydrogen) atoms. The zero-order valence-electron chi connectivity index (χ0n) is 28.5. The number of carbonyl (C=O) groups excluding carboxylic acids is 3. The molecule has 10 nitrogen and oxygen atoms in total. The lowest BCUT2D eigenvalue weighted by molar-refractivity contribution is -0.145. The fraction of sp³-hybridized carbons (Fsp3) is 0.405. The first kappa shape index (κ1) is 38.0. The molecule has 260 valence electrons. The minimum atomic E-state index is -0.727. The molecule has 0 saturated heterocycles. The Morgan fingerprint density at radius 1 is 1.06 bits per heavy atom. The molecule has 2 N–H and O–H groups in total. The lowest BCUT2D eigenvalue weighted by Gasteiger charge is -2.32. The van der Waals surface area contributed by atoms with Crippen LogP contribution in [0.15, 0.2) is 81.8 Å². The number of methoxy groups -OCH3 is 1. The second-order valence-electron chi connectivity index (χ2n) is 12.1. The van der Waals surface area contributed by atoms with Crippen molar-refractivity contribution in [2.45, 2.75) is 58.3 Å². The predicted molar refractivity (Wildman–Crippen MR) is 203 cm³/mol. The summed E-state index contributed by atoms with van der Waals surface area (Å²) in [7, 11) is 1.33. The number of benzene rings is 3. The molecule has 0 aliphatic carbocycles. The van der Waals surface area contributed by atoms with Gasteiger partial charge in [0.15, 0.2) is 0 Å². The molecular weight excluding hydrogens is 751 g/mol. The first-order chi connectivity index (χ1) is 23.7. The van der Waals surface area contributed by atoms with E-state index in [2.05, 4.69) is 66.0 Å². The third-order valence-electron chi connectivity index (χ3n) is 8.60. The van der Waals surface area contributed by atoms with E-state index in [4.69, 9.17) is 10.00 Å². The van der Waals surface area contributed by atoms with Crippen LogP contribution in [-0.4, -0.2) is 70.1 Å². The van der Waals surface area contributed by atoms with Crippen molar-refractivity contribution in [3.05, 3.63) is 95.3 Å². The van der Waals surface area contributed by atoms with E-state index in [1.165, 1.54) is 7.11 Å². The number of hydrogen-bond acceptors (Lipinski definition) is 9. The van der Waals surface area contributed by atoms with E-state index in [0.717, 1.165) is 34.0 Å². The predicted octanol–water partition coefficient (Wildman–Crippen LogP) is 6.27. The van der Waals surface area contributed by atoms with Gasteiger partial charge < -0.3 is 18.5 Å². The van der Waals surface area contributed by atoms with Crippen LogP contribution in [0.4, 0.5) is 0 Å². The van der Waals surface area contributed by atoms with Crippen LogP contribution in [0.5, 0.6) is 0 Å². The quantitative estimate of drug-likeness (QED) is 0.0877. The third-order valence-corrected chi connectivity index (χ3v) is 11.2. The van der Waals surface area contributed by atoms with Gasteiger partial charge in [-0.2, -0.15) is 17.0 Å². The first-order valence-corrected chi connectivity index (χ1v) is 19.7. The number of nitrogens with zero attached hydrogens (tertiary/aromatic N) is 4. The summed E-state index contributed by atoms with van der Waals surface area (Å²) in [6.45, 7) is 5.82. The Labute approximate surface area is 304 Å². The number of hydrogen-bond donors (Lipinski definition) is 2. The standard InChI is InChI=1S/C37H45IN6O4S/c1-5-26(2)34(42-35(45)19-31-21-40-38-44(31)22-28-15-13-27(20-39)14-16-28)24-43(23-30-11-8-10-29-9-6-7-12-32(29)30)25-36(46)41-33(17-18-49-4)37(47)48-3/h6-16,21,26,33-34H,5,17-19,22-25H2,1-4H3,(H,41,46)(H,42,45)/t26?,33-,34+/m0/s1. The smallest absolute Gasteiger partial charge is 0.328 e. The summed E-state index contributed by atoms with van der Waals surface area (Å²) in [4.78, 5) is 41.6. The Morgan fingerprint density at radius 3 is 2.53 bits per heavy atom. The Kier molecular flexibility index (Phi) is 15.1. The van der Waals surface area contributed by atoms with E-state index in [1.54, 1.807) is 30.1 Å². The van der Waals surface area contributed by atoms with E-state index >= 15 is 0 Å². The number of nitrogens with one attached hydrogen (secondary N) is 2. The van der Waals surface area contributed by atoms with Gasteiger partial charge in [-0.05, 0) is 58.4 Å². The molecule has 1 unspecified atom stereocenters. The van der Waals surface area contributed by atoms with Gasteiger partial charge in [-0.3, -0.25) is 14.5 Å². The van der Waals surface area contributed by atoms with Crippen molar-refractivity contribution in [1.82, 2.24) is 18.6 Å². The van der Waals surface area contributed by atoms with Gasteiger partial charge in [-0.15, -0.1) is 0 Å². The van der Waals surface area contributed by atoms with Crippen LogP contribution in [0.2, 0.25) is 0 Å². The first-order valence-electron chi connectivity index (χ1n) is 16.4. The Balaban J connectivity index is 1.50. The van der Waals surface area contributed by atoms with Crippen LogP contribution >= 0.6 is 33.1 Å². The topological polar surface area (TPSA) is 127 Å². The molecule has 0 saturated carbocycles. The average molecular weight is 797 g/mol. The lowest BCUT2D eigenvalue weighted by Crippen LogP contribution is -2.51. The van der Waals surface area contributed by atoms with Gasteiger partial charge in [0.1, 0.15) is 27.3 Å². The second kappa shape index (κ2) is 19.4. The van der Waals surface area contributed by atoms with Gasteiger partial charge in [0, 0.05) is 19.1 Å². The van der Waals surface area contributed by atoms with Crippen LogP contribution < -0.4 is 10.6 Å². The highest BCUT2D eigenvalue weighted by Gasteiger charge is 2.27. The molecule has 12 heteroatoms. The summed E-state index contributed by atoms with van der Waals surface area (Å²) < 4.78 is 11.7. The SMILES string of the molecule is CCC(C)[C@@H](CN(CC(=O)N[C@@H](CCSC)C(=O)OC)Cc1cccc2ccccc12)NC(=O)CC1=CN=IN1Cc1ccc(C#N)cc1. The van der Waals surface area contributed by atoms with Gasteiger partial charge in [-0.1, -0.05) is 74.9 Å². The van der Waals surface area contributed by atoms with E-state index in [0.29, 0.717) is 37.4 Å². The normalized spacial score (nSPS) is 14.4. The number of fused-ring (bicyclic) bond motifs is 1. The maximum Gasteiger partial charge on any atom is 0.328 e. The molecule has 4 rings (SSSR count). The number of ether oxygens (including phenoxy) is 1. The number of rotatable bonds is 18. The molecule has 0 radical (unpaired) electrons. The number of halogens is 1. The summed E-state index contributed by atoms with van der Waals surface area (Å²) >= 11 is 0.979. The molecule has 0 fully saturated rings. The molecule has 0 bridgehead atoms. The lowest BCUT2D eigenvalue weighted by atomic mass is 9.97. The monoisotopic (exact) mass is 796 g/mol. The molecule has 1 heterocycles. The highest BCUT2D eigenvalue weighted by molar-refractivity contribution is 14.1. The maximum atomic E-state index is 13.6. The highest BCUT2D eigenvalue weighted by atomic mass is 127. The molecule has 3 aromatic carbocycles. The molecule has 0 aromatic heterocycles.